The van der Waals surface area contributed by atoms with Gasteiger partial charge in [0.1, 0.15) is 12.1 Å². The highest BCUT2D eigenvalue weighted by molar-refractivity contribution is 7.99. The van der Waals surface area contributed by atoms with E-state index < -0.39 is 0 Å². The fourth-order valence-electron chi connectivity index (χ4n) is 2.62. The van der Waals surface area contributed by atoms with Gasteiger partial charge in [0.2, 0.25) is 0 Å². The standard InChI is InChI=1S/C12H17N5OS/c1-19-9-5-3-2-4-8(9)14-10-6-11-15-16-12(18)17(11)7-13-10/h6-9,14H,2-5H2,1H3,(H,16,18). The van der Waals surface area contributed by atoms with Crippen LogP contribution in [0.4, 0.5) is 5.82 Å². The van der Waals surface area contributed by atoms with E-state index in [1.54, 1.807) is 0 Å². The van der Waals surface area contributed by atoms with Gasteiger partial charge in [-0.3, -0.25) is 0 Å². The molecule has 2 atom stereocenters. The third-order valence-corrected chi connectivity index (χ3v) is 4.82. The van der Waals surface area contributed by atoms with Crippen molar-refractivity contribution in [1.29, 1.82) is 0 Å². The first-order chi connectivity index (χ1) is 9.28. The number of hydrogen-bond donors (Lipinski definition) is 2. The summed E-state index contributed by atoms with van der Waals surface area (Å²) in [5, 5.41) is 10.5. The third-order valence-electron chi connectivity index (χ3n) is 3.65. The highest BCUT2D eigenvalue weighted by Gasteiger charge is 2.24. The fraction of sp³-hybridized carbons (Fsp3) is 0.583. The van der Waals surface area contributed by atoms with Crippen LogP contribution < -0.4 is 11.0 Å². The molecule has 0 bridgehead atoms. The molecule has 0 aromatic carbocycles. The van der Waals surface area contributed by atoms with Gasteiger partial charge in [0.25, 0.3) is 0 Å². The molecule has 1 aliphatic carbocycles. The second-order valence-corrected chi connectivity index (χ2v) is 5.92. The lowest BCUT2D eigenvalue weighted by Gasteiger charge is -2.31. The summed E-state index contributed by atoms with van der Waals surface area (Å²) in [4.78, 5) is 15.6. The van der Waals surface area contributed by atoms with Gasteiger partial charge in [-0.1, -0.05) is 12.8 Å². The first-order valence-corrected chi connectivity index (χ1v) is 7.79. The molecule has 1 fully saturated rings. The second-order valence-electron chi connectivity index (χ2n) is 4.84. The SMILES string of the molecule is CSC1CCCCC1Nc1cc2n[nH]c(=O)n2cn1. The first kappa shape index (κ1) is 12.5. The number of nitrogens with zero attached hydrogens (tertiary/aromatic N) is 3. The normalized spacial score (nSPS) is 23.6. The highest BCUT2D eigenvalue weighted by Crippen LogP contribution is 2.29. The summed E-state index contributed by atoms with van der Waals surface area (Å²) in [5.41, 5.74) is 0.340. The van der Waals surface area contributed by atoms with Gasteiger partial charge in [-0.15, -0.1) is 0 Å². The van der Waals surface area contributed by atoms with E-state index in [0.29, 0.717) is 16.9 Å². The van der Waals surface area contributed by atoms with E-state index in [2.05, 4.69) is 26.8 Å². The minimum atomic E-state index is -0.256. The van der Waals surface area contributed by atoms with Crippen molar-refractivity contribution in [2.45, 2.75) is 37.0 Å². The molecule has 1 saturated carbocycles. The zero-order chi connectivity index (χ0) is 13.2. The smallest absolute Gasteiger partial charge is 0.348 e. The van der Waals surface area contributed by atoms with E-state index in [-0.39, 0.29) is 5.69 Å². The van der Waals surface area contributed by atoms with Gasteiger partial charge >= 0.3 is 5.69 Å². The van der Waals surface area contributed by atoms with Gasteiger partial charge in [0.15, 0.2) is 5.65 Å². The summed E-state index contributed by atoms with van der Waals surface area (Å²) in [7, 11) is 0. The highest BCUT2D eigenvalue weighted by atomic mass is 32.2. The Morgan fingerprint density at radius 1 is 1.47 bits per heavy atom. The van der Waals surface area contributed by atoms with Crippen molar-refractivity contribution >= 4 is 23.2 Å². The molecule has 19 heavy (non-hydrogen) atoms. The molecule has 3 rings (SSSR count). The lowest BCUT2D eigenvalue weighted by molar-refractivity contribution is 0.474. The molecule has 6 nitrogen and oxygen atoms in total. The maximum Gasteiger partial charge on any atom is 0.348 e. The van der Waals surface area contributed by atoms with Crippen LogP contribution in [0.15, 0.2) is 17.2 Å². The zero-order valence-corrected chi connectivity index (χ0v) is 11.6. The molecular weight excluding hydrogens is 262 g/mol. The molecule has 0 saturated heterocycles. The Hall–Kier alpha value is -1.50. The molecule has 2 N–H and O–H groups in total. The number of aromatic amines is 1. The van der Waals surface area contributed by atoms with Crippen molar-refractivity contribution in [2.24, 2.45) is 0 Å². The van der Waals surface area contributed by atoms with Gasteiger partial charge in [-0.05, 0) is 19.1 Å². The average Bonchev–Trinajstić information content (AvgIpc) is 2.81. The van der Waals surface area contributed by atoms with E-state index >= 15 is 0 Å². The van der Waals surface area contributed by atoms with Crippen molar-refractivity contribution in [3.63, 3.8) is 0 Å². The van der Waals surface area contributed by atoms with Crippen LogP contribution in [0.25, 0.3) is 5.65 Å². The molecule has 2 aromatic rings. The number of anilines is 1. The second kappa shape index (κ2) is 5.24. The van der Waals surface area contributed by atoms with Gasteiger partial charge in [-0.25, -0.2) is 19.3 Å². The molecule has 2 aromatic heterocycles. The number of aromatic nitrogens is 4. The van der Waals surface area contributed by atoms with Crippen LogP contribution in [0, 0.1) is 0 Å². The zero-order valence-electron chi connectivity index (χ0n) is 10.8. The Labute approximate surface area is 115 Å². The number of nitrogens with one attached hydrogen (secondary N) is 2. The predicted octanol–water partition coefficient (Wildman–Crippen LogP) is 1.50. The van der Waals surface area contributed by atoms with Crippen LogP contribution in [0.1, 0.15) is 25.7 Å². The average molecular weight is 279 g/mol. The number of hydrogen-bond acceptors (Lipinski definition) is 5. The molecule has 1 aliphatic rings. The first-order valence-electron chi connectivity index (χ1n) is 6.50. The van der Waals surface area contributed by atoms with Crippen molar-refractivity contribution in [2.75, 3.05) is 11.6 Å². The minimum Gasteiger partial charge on any atom is -0.366 e. The Morgan fingerprint density at radius 2 is 2.32 bits per heavy atom. The Kier molecular flexibility index (Phi) is 3.46. The minimum absolute atomic E-state index is 0.256. The van der Waals surface area contributed by atoms with E-state index in [4.69, 9.17) is 0 Å². The summed E-state index contributed by atoms with van der Waals surface area (Å²) in [6.07, 6.45) is 8.67. The van der Waals surface area contributed by atoms with Crippen LogP contribution in [0.3, 0.4) is 0 Å². The number of fused-ring (bicyclic) bond motifs is 1. The number of rotatable bonds is 3. The largest absolute Gasteiger partial charge is 0.366 e. The number of H-pyrrole nitrogens is 1. The van der Waals surface area contributed by atoms with E-state index in [0.717, 1.165) is 5.82 Å². The topological polar surface area (TPSA) is 75.1 Å². The molecule has 2 heterocycles. The predicted molar refractivity (Wildman–Crippen MR) is 76.8 cm³/mol. The quantitative estimate of drug-likeness (QED) is 0.890. The fourth-order valence-corrected chi connectivity index (χ4v) is 3.56. The van der Waals surface area contributed by atoms with Crippen LogP contribution in [0.5, 0.6) is 0 Å². The van der Waals surface area contributed by atoms with Gasteiger partial charge < -0.3 is 5.32 Å². The van der Waals surface area contributed by atoms with Crippen molar-refractivity contribution in [1.82, 2.24) is 19.6 Å². The lowest BCUT2D eigenvalue weighted by Crippen LogP contribution is -2.34. The van der Waals surface area contributed by atoms with Crippen molar-refractivity contribution in [3.8, 4) is 0 Å². The summed E-state index contributed by atoms with van der Waals surface area (Å²) in [6, 6.07) is 2.26. The Morgan fingerprint density at radius 3 is 3.16 bits per heavy atom. The third kappa shape index (κ3) is 2.47. The molecule has 0 radical (unpaired) electrons. The molecule has 0 aliphatic heterocycles. The maximum atomic E-state index is 11.4. The molecule has 102 valence electrons. The summed E-state index contributed by atoms with van der Waals surface area (Å²) >= 11 is 1.91. The van der Waals surface area contributed by atoms with Gasteiger partial charge in [0, 0.05) is 17.4 Å². The lowest BCUT2D eigenvalue weighted by atomic mass is 9.95. The monoisotopic (exact) mass is 279 g/mol. The van der Waals surface area contributed by atoms with Crippen LogP contribution in [0.2, 0.25) is 0 Å². The maximum absolute atomic E-state index is 11.4. The van der Waals surface area contributed by atoms with E-state index in [1.165, 1.54) is 36.4 Å². The molecule has 2 unspecified atom stereocenters. The summed E-state index contributed by atoms with van der Waals surface area (Å²) in [6.45, 7) is 0. The summed E-state index contributed by atoms with van der Waals surface area (Å²) in [5.74, 6) is 0.789. The van der Waals surface area contributed by atoms with Crippen molar-refractivity contribution in [3.05, 3.63) is 22.9 Å². The van der Waals surface area contributed by atoms with Gasteiger partial charge in [0.05, 0.1) is 0 Å². The van der Waals surface area contributed by atoms with Crippen molar-refractivity contribution < 1.29 is 0 Å². The van der Waals surface area contributed by atoms with Crippen LogP contribution in [-0.4, -0.2) is 37.1 Å². The molecule has 0 amide bonds. The summed E-state index contributed by atoms with van der Waals surface area (Å²) < 4.78 is 1.40. The van der Waals surface area contributed by atoms with E-state index in [1.807, 2.05) is 17.8 Å². The Bertz CT molecular complexity index is 622. The number of thioether (sulfide) groups is 1. The molecule has 7 heteroatoms. The molecular formula is C12H17N5OS. The van der Waals surface area contributed by atoms with Gasteiger partial charge in [-0.2, -0.15) is 16.9 Å². The molecule has 0 spiro atoms. The Balaban J connectivity index is 1.82. The van der Waals surface area contributed by atoms with E-state index in [9.17, 15) is 4.79 Å². The van der Waals surface area contributed by atoms with Crippen LogP contribution in [-0.2, 0) is 0 Å². The van der Waals surface area contributed by atoms with Crippen LogP contribution >= 0.6 is 11.8 Å².